The van der Waals surface area contributed by atoms with E-state index in [1.807, 2.05) is 18.2 Å². The topological polar surface area (TPSA) is 58.9 Å². The Bertz CT molecular complexity index is 865. The minimum absolute atomic E-state index is 0.408. The molecule has 2 aliphatic heterocycles. The van der Waals surface area contributed by atoms with E-state index in [1.165, 1.54) is 5.56 Å². The molecule has 0 bridgehead atoms. The fraction of sp³-hybridized carbons (Fsp3) is 0.143. The number of rotatable bonds is 0. The Hall–Kier alpha value is -2.36. The first-order valence-electron chi connectivity index (χ1n) is 5.82. The molecule has 86 valence electrons. The first kappa shape index (κ1) is 9.65. The summed E-state index contributed by atoms with van der Waals surface area (Å²) in [5.74, 6) is -1.18. The number of carbonyl (C=O) groups excluding carboxylic acids is 2. The molecule has 1 amide bonds. The number of hydrogen-bond donors (Lipinski definition) is 0. The number of amides is 1. The quantitative estimate of drug-likeness (QED) is 0.620. The van der Waals surface area contributed by atoms with Crippen LogP contribution in [0.1, 0.15) is 15.9 Å². The summed E-state index contributed by atoms with van der Waals surface area (Å²) in [5, 5.41) is 3.32. The van der Waals surface area contributed by atoms with Crippen LogP contribution in [-0.4, -0.2) is 18.2 Å². The molecule has 0 unspecified atom stereocenters. The first-order chi connectivity index (χ1) is 8.75. The number of benzene rings is 2. The van der Waals surface area contributed by atoms with E-state index in [4.69, 9.17) is 0 Å². The van der Waals surface area contributed by atoms with Crippen molar-refractivity contribution in [3.05, 3.63) is 46.1 Å². The number of nitrogens with zero attached hydrogens (tertiary/aromatic N) is 2. The van der Waals surface area contributed by atoms with E-state index in [9.17, 15) is 9.59 Å². The SMILES string of the molecule is O=C1N=c2c(ccc3c4c(ccc23)CCN=4)C1=O. The zero-order chi connectivity index (χ0) is 12.3. The number of ketones is 1. The maximum absolute atomic E-state index is 11.6. The number of Topliss-reactive ketones (excluding diaryl/α,β-unsaturated/α-hetero) is 1. The molecule has 0 aromatic heterocycles. The molecule has 2 aromatic carbocycles. The molecule has 4 nitrogen and oxygen atoms in total. The lowest BCUT2D eigenvalue weighted by Crippen LogP contribution is -2.14. The average Bonchev–Trinajstić information content (AvgIpc) is 2.95. The molecule has 0 atom stereocenters. The minimum Gasteiger partial charge on any atom is -0.284 e. The Labute approximate surface area is 102 Å². The molecular weight excluding hydrogens is 228 g/mol. The highest BCUT2D eigenvalue weighted by atomic mass is 16.2. The van der Waals surface area contributed by atoms with Gasteiger partial charge in [-0.15, -0.1) is 0 Å². The molecule has 0 saturated heterocycles. The van der Waals surface area contributed by atoms with Crippen LogP contribution in [0.3, 0.4) is 0 Å². The largest absolute Gasteiger partial charge is 0.318 e. The summed E-state index contributed by atoms with van der Waals surface area (Å²) in [6.07, 6.45) is 0.956. The third kappa shape index (κ3) is 1.05. The lowest BCUT2D eigenvalue weighted by Gasteiger charge is -2.00. The van der Waals surface area contributed by atoms with Crippen molar-refractivity contribution in [1.82, 2.24) is 0 Å². The summed E-state index contributed by atoms with van der Waals surface area (Å²) in [5.41, 5.74) is 1.63. The highest BCUT2D eigenvalue weighted by Crippen LogP contribution is 2.14. The van der Waals surface area contributed by atoms with E-state index >= 15 is 0 Å². The lowest BCUT2D eigenvalue weighted by atomic mass is 10.0. The van der Waals surface area contributed by atoms with Gasteiger partial charge in [-0.3, -0.25) is 14.6 Å². The van der Waals surface area contributed by atoms with Crippen molar-refractivity contribution in [2.24, 2.45) is 9.98 Å². The Balaban J connectivity index is 2.26. The van der Waals surface area contributed by atoms with Crippen molar-refractivity contribution in [1.29, 1.82) is 0 Å². The highest BCUT2D eigenvalue weighted by molar-refractivity contribution is 6.45. The van der Waals surface area contributed by atoms with Crippen molar-refractivity contribution in [2.45, 2.75) is 6.42 Å². The van der Waals surface area contributed by atoms with E-state index in [1.54, 1.807) is 6.07 Å². The molecule has 18 heavy (non-hydrogen) atoms. The van der Waals surface area contributed by atoms with Crippen LogP contribution in [0.25, 0.3) is 10.8 Å². The van der Waals surface area contributed by atoms with Crippen LogP contribution < -0.4 is 10.7 Å². The Kier molecular flexibility index (Phi) is 1.66. The van der Waals surface area contributed by atoms with Gasteiger partial charge in [0.2, 0.25) is 0 Å². The van der Waals surface area contributed by atoms with Gasteiger partial charge in [0.05, 0.1) is 16.3 Å². The Morgan fingerprint density at radius 3 is 2.61 bits per heavy atom. The smallest absolute Gasteiger partial charge is 0.284 e. The van der Waals surface area contributed by atoms with E-state index in [-0.39, 0.29) is 0 Å². The fourth-order valence-corrected chi connectivity index (χ4v) is 2.67. The molecule has 4 heteroatoms. The van der Waals surface area contributed by atoms with Gasteiger partial charge < -0.3 is 0 Å². The second-order valence-corrected chi connectivity index (χ2v) is 4.51. The maximum Gasteiger partial charge on any atom is 0.318 e. The molecule has 2 aromatic rings. The summed E-state index contributed by atoms with van der Waals surface area (Å²) in [7, 11) is 0. The van der Waals surface area contributed by atoms with Gasteiger partial charge in [-0.1, -0.05) is 18.2 Å². The second kappa shape index (κ2) is 3.10. The molecule has 0 aliphatic carbocycles. The van der Waals surface area contributed by atoms with Crippen molar-refractivity contribution in [2.75, 3.05) is 6.54 Å². The third-order valence-electron chi connectivity index (χ3n) is 3.53. The zero-order valence-electron chi connectivity index (χ0n) is 9.43. The number of hydrogen-bond acceptors (Lipinski definition) is 3. The third-order valence-corrected chi connectivity index (χ3v) is 3.53. The molecule has 2 heterocycles. The fourth-order valence-electron chi connectivity index (χ4n) is 2.67. The van der Waals surface area contributed by atoms with Crippen LogP contribution in [0.4, 0.5) is 0 Å². The number of carbonyl (C=O) groups is 2. The summed E-state index contributed by atoms with van der Waals surface area (Å²) in [6, 6.07) is 7.50. The van der Waals surface area contributed by atoms with Crippen LogP contribution in [-0.2, 0) is 11.2 Å². The van der Waals surface area contributed by atoms with Gasteiger partial charge in [0.1, 0.15) is 0 Å². The minimum atomic E-state index is -0.671. The molecule has 0 N–H and O–H groups in total. The monoisotopic (exact) mass is 236 g/mol. The normalized spacial score (nSPS) is 16.4. The predicted molar refractivity (Wildman–Crippen MR) is 64.2 cm³/mol. The average molecular weight is 236 g/mol. The maximum atomic E-state index is 11.6. The van der Waals surface area contributed by atoms with E-state index in [2.05, 4.69) is 9.98 Å². The van der Waals surface area contributed by atoms with Crippen LogP contribution in [0.15, 0.2) is 34.3 Å². The Morgan fingerprint density at radius 1 is 0.944 bits per heavy atom. The molecule has 2 aliphatic rings. The van der Waals surface area contributed by atoms with Crippen LogP contribution in [0.5, 0.6) is 0 Å². The van der Waals surface area contributed by atoms with E-state index in [0.29, 0.717) is 10.9 Å². The van der Waals surface area contributed by atoms with Gasteiger partial charge in [-0.2, -0.15) is 0 Å². The summed E-state index contributed by atoms with van der Waals surface area (Å²) in [4.78, 5) is 31.3. The van der Waals surface area contributed by atoms with Gasteiger partial charge in [0, 0.05) is 17.3 Å². The molecule has 0 fully saturated rings. The van der Waals surface area contributed by atoms with Gasteiger partial charge in [0.15, 0.2) is 0 Å². The van der Waals surface area contributed by atoms with Gasteiger partial charge in [-0.05, 0) is 18.1 Å². The van der Waals surface area contributed by atoms with Gasteiger partial charge >= 0.3 is 5.91 Å². The van der Waals surface area contributed by atoms with Gasteiger partial charge in [0.25, 0.3) is 5.78 Å². The van der Waals surface area contributed by atoms with Crippen molar-refractivity contribution in [3.63, 3.8) is 0 Å². The van der Waals surface area contributed by atoms with Crippen LogP contribution >= 0.6 is 0 Å². The van der Waals surface area contributed by atoms with Crippen molar-refractivity contribution < 1.29 is 9.59 Å². The molecule has 0 radical (unpaired) electrons. The Morgan fingerprint density at radius 2 is 1.72 bits per heavy atom. The predicted octanol–water partition coefficient (Wildman–Crippen LogP) is 0.358. The van der Waals surface area contributed by atoms with E-state index < -0.39 is 11.7 Å². The highest BCUT2D eigenvalue weighted by Gasteiger charge is 2.25. The molecule has 4 rings (SSSR count). The standard InChI is InChI=1S/C14H8N2O2/c17-13-10-4-3-8-9(12(10)16-14(13)18)2-1-7-5-6-15-11(7)8/h1-4H,5-6H2. The first-order valence-corrected chi connectivity index (χ1v) is 5.82. The molecular formula is C14H8N2O2. The molecule has 0 saturated carbocycles. The van der Waals surface area contributed by atoms with Crippen LogP contribution in [0.2, 0.25) is 0 Å². The summed E-state index contributed by atoms with van der Waals surface area (Å²) in [6.45, 7) is 0.806. The zero-order valence-corrected chi connectivity index (χ0v) is 9.43. The molecule has 0 spiro atoms. The lowest BCUT2D eigenvalue weighted by molar-refractivity contribution is -0.113. The van der Waals surface area contributed by atoms with E-state index in [0.717, 1.165) is 29.1 Å². The number of fused-ring (bicyclic) bond motifs is 5. The van der Waals surface area contributed by atoms with Crippen molar-refractivity contribution in [3.8, 4) is 0 Å². The van der Waals surface area contributed by atoms with Crippen LogP contribution in [0, 0.1) is 0 Å². The van der Waals surface area contributed by atoms with Gasteiger partial charge in [-0.25, -0.2) is 4.99 Å². The second-order valence-electron chi connectivity index (χ2n) is 4.51. The summed E-state index contributed by atoms with van der Waals surface area (Å²) < 4.78 is 0. The summed E-state index contributed by atoms with van der Waals surface area (Å²) >= 11 is 0. The van der Waals surface area contributed by atoms with Crippen molar-refractivity contribution >= 4 is 22.5 Å².